The Balaban J connectivity index is 0.000000144. The summed E-state index contributed by atoms with van der Waals surface area (Å²) in [5.41, 5.74) is 16.4. The number of oxazole rings is 2. The molecule has 7 aromatic heterocycles. The lowest BCUT2D eigenvalue weighted by Gasteiger charge is -2.07. The molecule has 0 atom stereocenters. The van der Waals surface area contributed by atoms with E-state index >= 15 is 0 Å². The second-order valence-electron chi connectivity index (χ2n) is 11.4. The summed E-state index contributed by atoms with van der Waals surface area (Å²) in [6.07, 6.45) is 10.1. The van der Waals surface area contributed by atoms with Crippen molar-refractivity contribution in [2.75, 3.05) is 16.8 Å². The molecule has 17 heteroatoms. The van der Waals surface area contributed by atoms with Gasteiger partial charge in [-0.1, -0.05) is 59.1 Å². The molecule has 9 rings (SSSR count). The first-order valence-corrected chi connectivity index (χ1v) is 17.7. The first-order valence-electron chi connectivity index (χ1n) is 16.6. The van der Waals surface area contributed by atoms with Crippen molar-refractivity contribution in [3.8, 4) is 22.8 Å². The van der Waals surface area contributed by atoms with E-state index < -0.39 is 0 Å². The molecule has 2 aromatic carbocycles. The molecule has 0 spiro atoms. The number of benzene rings is 2. The van der Waals surface area contributed by atoms with Crippen molar-refractivity contribution in [2.45, 2.75) is 13.8 Å². The second kappa shape index (κ2) is 18.5. The zero-order valence-electron chi connectivity index (χ0n) is 29.7. The van der Waals surface area contributed by atoms with Gasteiger partial charge in [0.1, 0.15) is 0 Å². The van der Waals surface area contributed by atoms with Crippen LogP contribution in [0.15, 0.2) is 131 Å². The number of nitrogen functional groups attached to an aromatic ring is 2. The van der Waals surface area contributed by atoms with E-state index in [1.165, 1.54) is 0 Å². The molecule has 0 saturated carbocycles. The van der Waals surface area contributed by atoms with Crippen LogP contribution in [0.2, 0.25) is 15.2 Å². The number of hydrogen-bond acceptors (Lipinski definition) is 14. The predicted octanol–water partition coefficient (Wildman–Crippen LogP) is 9.61. The van der Waals surface area contributed by atoms with Crippen molar-refractivity contribution >= 4 is 80.1 Å². The maximum absolute atomic E-state index is 6.07. The molecule has 0 unspecified atom stereocenters. The molecule has 0 fully saturated rings. The number of fused-ring (bicyclic) bond motifs is 2. The van der Waals surface area contributed by atoms with Crippen LogP contribution in [0.4, 0.5) is 22.9 Å². The Kier molecular flexibility index (Phi) is 12.9. The highest BCUT2D eigenvalue weighted by Gasteiger charge is 2.16. The predicted molar refractivity (Wildman–Crippen MR) is 219 cm³/mol. The van der Waals surface area contributed by atoms with E-state index in [0.29, 0.717) is 61.8 Å². The molecule has 280 valence electrons. The Morgan fingerprint density at radius 3 is 1.43 bits per heavy atom. The Morgan fingerprint density at radius 2 is 0.964 bits per heavy atom. The smallest absolute Gasteiger partial charge is 0.252 e. The molecule has 0 amide bonds. The van der Waals surface area contributed by atoms with Crippen LogP contribution in [-0.4, -0.2) is 44.9 Å². The molecular weight excluding hydrogens is 775 g/mol. The first-order chi connectivity index (χ1) is 27.1. The Labute approximate surface area is 335 Å². The first kappa shape index (κ1) is 39.0. The van der Waals surface area contributed by atoms with Crippen molar-refractivity contribution in [2.24, 2.45) is 0 Å². The van der Waals surface area contributed by atoms with E-state index in [2.05, 4.69) is 50.2 Å². The fourth-order valence-corrected chi connectivity index (χ4v) is 5.30. The normalized spacial score (nSPS) is 10.4. The fourth-order valence-electron chi connectivity index (χ4n) is 4.72. The van der Waals surface area contributed by atoms with Crippen LogP contribution in [0, 0.1) is 13.8 Å². The average Bonchev–Trinajstić information content (AvgIpc) is 3.78. The third kappa shape index (κ3) is 10.7. The number of nitrogens with two attached hydrogens (primary N) is 2. The van der Waals surface area contributed by atoms with E-state index in [1.807, 2.05) is 42.5 Å². The number of nitrogens with zero attached hydrogens (tertiary/aromatic N) is 9. The molecule has 7 heterocycles. The van der Waals surface area contributed by atoms with E-state index in [-0.39, 0.29) is 5.15 Å². The van der Waals surface area contributed by atoms with Gasteiger partial charge in [-0.3, -0.25) is 15.0 Å². The molecule has 9 aromatic rings. The van der Waals surface area contributed by atoms with Gasteiger partial charge in [0.2, 0.25) is 0 Å². The van der Waals surface area contributed by atoms with Crippen molar-refractivity contribution in [3.63, 3.8) is 0 Å². The van der Waals surface area contributed by atoms with Crippen molar-refractivity contribution in [1.29, 1.82) is 0 Å². The number of rotatable bonds is 4. The van der Waals surface area contributed by atoms with Crippen LogP contribution in [0.25, 0.3) is 45.2 Å². The van der Waals surface area contributed by atoms with Crippen LogP contribution in [-0.2, 0) is 0 Å². The van der Waals surface area contributed by atoms with Gasteiger partial charge < -0.3 is 25.6 Å². The number of nitrogens with one attached hydrogen (secondary N) is 1. The van der Waals surface area contributed by atoms with Crippen LogP contribution in [0.3, 0.4) is 0 Å². The van der Waals surface area contributed by atoms with E-state index in [1.54, 1.807) is 93.5 Å². The Morgan fingerprint density at radius 1 is 0.518 bits per heavy atom. The molecule has 14 nitrogen and oxygen atoms in total. The lowest BCUT2D eigenvalue weighted by molar-refractivity contribution is 0.551. The number of anilines is 4. The largest absolute Gasteiger partial charge is 0.422 e. The van der Waals surface area contributed by atoms with Gasteiger partial charge in [0.25, 0.3) is 11.4 Å². The molecule has 0 saturated heterocycles. The lowest BCUT2D eigenvalue weighted by Crippen LogP contribution is -1.99. The fraction of sp³-hybridized carbons (Fsp3) is 0.0513. The topological polar surface area (TPSA) is 206 Å². The third-order valence-corrected chi connectivity index (χ3v) is 7.94. The molecule has 0 aliphatic heterocycles. The molecule has 5 N–H and O–H groups in total. The SMILES string of the molecule is Cc1nc2c(Cl)nc(-c3cccc(Cl)c3)nc2o1.Cc1nc2c(Nc3ccncc3)nc(-c3cccc(Cl)c3)nc2o1.Nc1ccncc1.Nc1ccncc1. The van der Waals surface area contributed by atoms with Crippen LogP contribution < -0.4 is 16.8 Å². The number of aryl methyl sites for hydroxylation is 2. The summed E-state index contributed by atoms with van der Waals surface area (Å²) in [7, 11) is 0. The van der Waals surface area contributed by atoms with Gasteiger partial charge in [0.05, 0.1) is 0 Å². The van der Waals surface area contributed by atoms with E-state index in [9.17, 15) is 0 Å². The van der Waals surface area contributed by atoms with E-state index in [4.69, 9.17) is 55.1 Å². The van der Waals surface area contributed by atoms with Crippen LogP contribution in [0.5, 0.6) is 0 Å². The summed E-state index contributed by atoms with van der Waals surface area (Å²) in [5, 5.41) is 4.74. The van der Waals surface area contributed by atoms with Crippen molar-refractivity contribution in [3.05, 3.63) is 149 Å². The van der Waals surface area contributed by atoms with Gasteiger partial charge in [-0.2, -0.15) is 9.97 Å². The molecule has 0 aliphatic carbocycles. The van der Waals surface area contributed by atoms with Gasteiger partial charge in [0.15, 0.2) is 45.4 Å². The minimum atomic E-state index is 0.270. The maximum atomic E-state index is 6.07. The zero-order valence-corrected chi connectivity index (χ0v) is 31.9. The molecule has 0 radical (unpaired) electrons. The molecular formula is C39H31Cl3N12O2. The Bertz CT molecular complexity index is 2630. The van der Waals surface area contributed by atoms with Crippen LogP contribution >= 0.6 is 34.8 Å². The standard InChI is InChI=1S/C17H12ClN5O.C12H7Cl2N3O.2C5H6N2/c1-10-20-14-16(21-13-5-7-19-8-6-13)22-15(23-17(14)24-10)11-3-2-4-12(18)9-11;1-6-15-9-10(14)16-11(17-12(9)18-6)7-3-2-4-8(13)5-7;2*6-5-1-3-7-4-2-5/h2-9H,1H3,(H,19,21,22,23);2-5H,1H3;2*1-4H,(H2,6,7). The summed E-state index contributed by atoms with van der Waals surface area (Å²) in [5.74, 6) is 2.58. The zero-order chi connectivity index (χ0) is 39.4. The summed E-state index contributed by atoms with van der Waals surface area (Å²) in [6, 6.07) is 25.3. The average molecular weight is 806 g/mol. The number of aromatic nitrogens is 9. The quantitative estimate of drug-likeness (QED) is 0.142. The highest BCUT2D eigenvalue weighted by Crippen LogP contribution is 2.29. The summed E-state index contributed by atoms with van der Waals surface area (Å²) in [4.78, 5) is 37.6. The summed E-state index contributed by atoms with van der Waals surface area (Å²) < 4.78 is 11.0. The lowest BCUT2D eigenvalue weighted by atomic mass is 10.2. The van der Waals surface area contributed by atoms with Crippen LogP contribution in [0.1, 0.15) is 11.8 Å². The monoisotopic (exact) mass is 804 g/mol. The number of pyridine rings is 3. The van der Waals surface area contributed by atoms with Gasteiger partial charge in [-0.15, -0.1) is 0 Å². The molecule has 56 heavy (non-hydrogen) atoms. The minimum absolute atomic E-state index is 0.270. The number of halogens is 3. The molecule has 0 aliphatic rings. The van der Waals surface area contributed by atoms with Gasteiger partial charge in [-0.05, 0) is 60.7 Å². The molecule has 0 bridgehead atoms. The second-order valence-corrected chi connectivity index (χ2v) is 12.7. The number of hydrogen-bond donors (Lipinski definition) is 3. The minimum Gasteiger partial charge on any atom is -0.422 e. The third-order valence-electron chi connectivity index (χ3n) is 7.21. The van der Waals surface area contributed by atoms with Gasteiger partial charge in [0, 0.05) is 89.3 Å². The maximum Gasteiger partial charge on any atom is 0.252 e. The van der Waals surface area contributed by atoms with Gasteiger partial charge in [-0.25, -0.2) is 19.9 Å². The summed E-state index contributed by atoms with van der Waals surface area (Å²) >= 11 is 18.1. The summed E-state index contributed by atoms with van der Waals surface area (Å²) in [6.45, 7) is 3.51. The highest BCUT2D eigenvalue weighted by molar-refractivity contribution is 6.33. The van der Waals surface area contributed by atoms with Crippen molar-refractivity contribution < 1.29 is 8.83 Å². The highest BCUT2D eigenvalue weighted by atomic mass is 35.5. The van der Waals surface area contributed by atoms with Gasteiger partial charge >= 0.3 is 0 Å². The Hall–Kier alpha value is -6.74. The van der Waals surface area contributed by atoms with E-state index in [0.717, 1.165) is 28.2 Å². The van der Waals surface area contributed by atoms with Crippen molar-refractivity contribution in [1.82, 2.24) is 44.9 Å².